The van der Waals surface area contributed by atoms with Crippen LogP contribution in [0.15, 0.2) is 12.4 Å². The quantitative estimate of drug-likeness (QED) is 0.597. The molecule has 0 aromatic heterocycles. The number of hydrogen-bond acceptors (Lipinski definition) is 6. The summed E-state index contributed by atoms with van der Waals surface area (Å²) in [4.78, 5) is 15.3. The lowest BCUT2D eigenvalue weighted by Gasteiger charge is -2.30. The Morgan fingerprint density at radius 3 is 2.53 bits per heavy atom. The summed E-state index contributed by atoms with van der Waals surface area (Å²) in [5, 5.41) is 0. The Morgan fingerprint density at radius 2 is 1.94 bits per heavy atom. The molecule has 0 spiro atoms. The molecule has 1 aliphatic rings. The molecule has 0 N–H and O–H groups in total. The zero-order valence-electron chi connectivity index (χ0n) is 10.6. The molecule has 0 bridgehead atoms. The van der Waals surface area contributed by atoms with Gasteiger partial charge in [-0.1, -0.05) is 0 Å². The number of carbonyl (C=O) groups excluding carboxylic acids is 1. The molecule has 1 aliphatic heterocycles. The lowest BCUT2D eigenvalue weighted by Crippen LogP contribution is -2.43. The third kappa shape index (κ3) is 3.90. The Hall–Kier alpha value is -1.27. The van der Waals surface area contributed by atoms with Crippen LogP contribution >= 0.6 is 0 Å². The normalized spacial score (nSPS) is 18.9. The van der Waals surface area contributed by atoms with Gasteiger partial charge >= 0.3 is 5.97 Å². The lowest BCUT2D eigenvalue weighted by molar-refractivity contribution is -0.173. The van der Waals surface area contributed by atoms with Gasteiger partial charge in [0.2, 0.25) is 0 Å². The summed E-state index contributed by atoms with van der Waals surface area (Å²) in [6.07, 6.45) is 3.41. The first-order valence-electron chi connectivity index (χ1n) is 5.60. The van der Waals surface area contributed by atoms with E-state index >= 15 is 0 Å². The largest absolute Gasteiger partial charge is 0.421 e. The highest BCUT2D eigenvalue weighted by Gasteiger charge is 2.28. The van der Waals surface area contributed by atoms with Gasteiger partial charge in [0, 0.05) is 39.7 Å². The number of carbonyl (C=O) groups is 1. The molecule has 0 aromatic rings. The fourth-order valence-electron chi connectivity index (χ4n) is 1.56. The van der Waals surface area contributed by atoms with Gasteiger partial charge in [-0.2, -0.15) is 0 Å². The molecule has 0 saturated carbocycles. The third-order valence-electron chi connectivity index (χ3n) is 2.43. The molecule has 6 nitrogen and oxygen atoms in total. The van der Waals surface area contributed by atoms with E-state index in [-0.39, 0.29) is 12.6 Å². The van der Waals surface area contributed by atoms with Crippen LogP contribution in [-0.2, 0) is 19.0 Å². The van der Waals surface area contributed by atoms with Crippen LogP contribution in [-0.4, -0.2) is 62.6 Å². The number of nitrogens with zero attached hydrogens (tertiary/aromatic N) is 2. The van der Waals surface area contributed by atoms with Crippen molar-refractivity contribution in [3.8, 4) is 0 Å². The summed E-state index contributed by atoms with van der Waals surface area (Å²) in [6, 6.07) is 0. The summed E-state index contributed by atoms with van der Waals surface area (Å²) < 4.78 is 15.1. The van der Waals surface area contributed by atoms with Crippen molar-refractivity contribution in [2.45, 2.75) is 13.3 Å². The SMILES string of the molecule is CCN1C=CN(CCOC)C1OC(=O)COC. The standard InChI is InChI=1S/C11H20N2O4/c1-4-12-5-6-13(7-8-15-2)11(12)17-10(14)9-16-3/h5-6,11H,4,7-9H2,1-3H3. The maximum Gasteiger partial charge on any atom is 0.335 e. The highest BCUT2D eigenvalue weighted by Crippen LogP contribution is 2.16. The minimum Gasteiger partial charge on any atom is -0.421 e. The van der Waals surface area contributed by atoms with Crippen molar-refractivity contribution < 1.29 is 19.0 Å². The lowest BCUT2D eigenvalue weighted by atomic mass is 10.5. The zero-order valence-corrected chi connectivity index (χ0v) is 10.6. The Kier molecular flexibility index (Phi) is 5.79. The number of ether oxygens (including phenoxy) is 3. The van der Waals surface area contributed by atoms with Crippen LogP contribution in [0.4, 0.5) is 0 Å². The van der Waals surface area contributed by atoms with Gasteiger partial charge in [-0.15, -0.1) is 0 Å². The average molecular weight is 244 g/mol. The summed E-state index contributed by atoms with van der Waals surface area (Å²) in [7, 11) is 3.11. The van der Waals surface area contributed by atoms with Crippen LogP contribution in [0.5, 0.6) is 0 Å². The monoisotopic (exact) mass is 244 g/mol. The number of hydrogen-bond donors (Lipinski definition) is 0. The average Bonchev–Trinajstić information content (AvgIpc) is 2.69. The van der Waals surface area contributed by atoms with E-state index in [1.807, 2.05) is 29.1 Å². The van der Waals surface area contributed by atoms with Crippen LogP contribution in [0.3, 0.4) is 0 Å². The second-order valence-electron chi connectivity index (χ2n) is 3.61. The molecule has 17 heavy (non-hydrogen) atoms. The van der Waals surface area contributed by atoms with E-state index in [0.717, 1.165) is 6.54 Å². The van der Waals surface area contributed by atoms with Gasteiger partial charge in [0.25, 0.3) is 6.35 Å². The van der Waals surface area contributed by atoms with Gasteiger partial charge in [0.1, 0.15) is 6.61 Å². The van der Waals surface area contributed by atoms with Gasteiger partial charge in [-0.05, 0) is 6.92 Å². The van der Waals surface area contributed by atoms with Crippen LogP contribution in [0.25, 0.3) is 0 Å². The molecule has 0 fully saturated rings. The molecule has 0 amide bonds. The summed E-state index contributed by atoms with van der Waals surface area (Å²) >= 11 is 0. The van der Waals surface area contributed by atoms with E-state index in [1.165, 1.54) is 7.11 Å². The van der Waals surface area contributed by atoms with E-state index in [0.29, 0.717) is 13.2 Å². The predicted molar refractivity (Wildman–Crippen MR) is 61.9 cm³/mol. The molecule has 1 atom stereocenters. The van der Waals surface area contributed by atoms with Crippen molar-refractivity contribution in [3.63, 3.8) is 0 Å². The van der Waals surface area contributed by atoms with Crippen LogP contribution < -0.4 is 0 Å². The second-order valence-corrected chi connectivity index (χ2v) is 3.61. The van der Waals surface area contributed by atoms with E-state index in [9.17, 15) is 4.79 Å². The Bertz CT molecular complexity index is 270. The van der Waals surface area contributed by atoms with Crippen molar-refractivity contribution in [2.24, 2.45) is 0 Å². The number of rotatable bonds is 7. The van der Waals surface area contributed by atoms with E-state index in [2.05, 4.69) is 0 Å². The molecular weight excluding hydrogens is 224 g/mol. The number of methoxy groups -OCH3 is 2. The first kappa shape index (κ1) is 13.8. The summed E-state index contributed by atoms with van der Waals surface area (Å²) in [5.74, 6) is -0.373. The summed E-state index contributed by atoms with van der Waals surface area (Å²) in [5.41, 5.74) is 0. The van der Waals surface area contributed by atoms with Crippen molar-refractivity contribution in [3.05, 3.63) is 12.4 Å². The molecule has 1 rings (SSSR count). The van der Waals surface area contributed by atoms with Crippen molar-refractivity contribution >= 4 is 5.97 Å². The highest BCUT2D eigenvalue weighted by molar-refractivity contribution is 5.70. The van der Waals surface area contributed by atoms with E-state index in [1.54, 1.807) is 7.11 Å². The predicted octanol–water partition coefficient (Wildman–Crippen LogP) is 0.215. The molecule has 1 unspecified atom stereocenters. The minimum atomic E-state index is -0.391. The first-order valence-corrected chi connectivity index (χ1v) is 5.60. The molecule has 0 saturated heterocycles. The van der Waals surface area contributed by atoms with Gasteiger partial charge in [-0.3, -0.25) is 0 Å². The van der Waals surface area contributed by atoms with Crippen LogP contribution in [0.1, 0.15) is 6.92 Å². The van der Waals surface area contributed by atoms with Crippen LogP contribution in [0.2, 0.25) is 0 Å². The van der Waals surface area contributed by atoms with Crippen molar-refractivity contribution in [1.29, 1.82) is 0 Å². The fourth-order valence-corrected chi connectivity index (χ4v) is 1.56. The van der Waals surface area contributed by atoms with Crippen molar-refractivity contribution in [1.82, 2.24) is 9.80 Å². The first-order chi connectivity index (χ1) is 8.22. The second kappa shape index (κ2) is 7.13. The van der Waals surface area contributed by atoms with E-state index < -0.39 is 6.35 Å². The maximum absolute atomic E-state index is 11.4. The Labute approximate surface area is 102 Å². The minimum absolute atomic E-state index is 0.0355. The Balaban J connectivity index is 2.52. The molecule has 1 heterocycles. The third-order valence-corrected chi connectivity index (χ3v) is 2.43. The van der Waals surface area contributed by atoms with Crippen molar-refractivity contribution in [2.75, 3.05) is 40.5 Å². The van der Waals surface area contributed by atoms with Crippen LogP contribution in [0, 0.1) is 0 Å². The van der Waals surface area contributed by atoms with Gasteiger partial charge in [-0.25, -0.2) is 4.79 Å². The van der Waals surface area contributed by atoms with E-state index in [4.69, 9.17) is 14.2 Å². The molecule has 0 aliphatic carbocycles. The highest BCUT2D eigenvalue weighted by atomic mass is 16.6. The Morgan fingerprint density at radius 1 is 1.24 bits per heavy atom. The maximum atomic E-state index is 11.4. The topological polar surface area (TPSA) is 51.2 Å². The van der Waals surface area contributed by atoms with Gasteiger partial charge in [0.05, 0.1) is 6.61 Å². The fraction of sp³-hybridized carbons (Fsp3) is 0.727. The molecular formula is C11H20N2O4. The molecule has 98 valence electrons. The van der Waals surface area contributed by atoms with Gasteiger partial charge in [0.15, 0.2) is 0 Å². The molecule has 0 aromatic carbocycles. The smallest absolute Gasteiger partial charge is 0.335 e. The zero-order chi connectivity index (χ0) is 12.7. The number of esters is 1. The summed E-state index contributed by atoms with van der Waals surface area (Å²) in [6.45, 7) is 3.99. The van der Waals surface area contributed by atoms with Gasteiger partial charge < -0.3 is 24.0 Å². The molecule has 6 heteroatoms. The molecule has 0 radical (unpaired) electrons.